The summed E-state index contributed by atoms with van der Waals surface area (Å²) in [5, 5.41) is 11.7. The number of aromatic nitrogens is 3. The maximum atomic E-state index is 5.80. The first kappa shape index (κ1) is 14.7. The van der Waals surface area contributed by atoms with E-state index in [1.54, 1.807) is 23.5 Å². The van der Waals surface area contributed by atoms with Crippen LogP contribution in [0.5, 0.6) is 5.75 Å². The molecule has 0 saturated heterocycles. The van der Waals surface area contributed by atoms with E-state index in [1.807, 2.05) is 6.07 Å². The van der Waals surface area contributed by atoms with Crippen molar-refractivity contribution in [2.24, 2.45) is 5.10 Å². The van der Waals surface area contributed by atoms with Crippen molar-refractivity contribution >= 4 is 51.4 Å². The molecular weight excluding hydrogens is 470 g/mol. The van der Waals surface area contributed by atoms with Gasteiger partial charge in [-0.25, -0.2) is 4.68 Å². The first-order valence-corrected chi connectivity index (χ1v) is 7.87. The molecule has 0 bridgehead atoms. The van der Waals surface area contributed by atoms with Crippen molar-refractivity contribution in [3.8, 4) is 5.75 Å². The molecule has 5 nitrogen and oxygen atoms in total. The fourth-order valence-electron chi connectivity index (χ4n) is 1.42. The van der Waals surface area contributed by atoms with E-state index >= 15 is 0 Å². The Labute approximate surface area is 138 Å². The molecule has 1 heterocycles. The van der Waals surface area contributed by atoms with E-state index in [-0.39, 0.29) is 0 Å². The second kappa shape index (κ2) is 7.17. The van der Waals surface area contributed by atoms with Crippen molar-refractivity contribution in [1.82, 2.24) is 14.9 Å². The van der Waals surface area contributed by atoms with Gasteiger partial charge in [-0.3, -0.25) is 0 Å². The second-order valence-electron chi connectivity index (χ2n) is 3.74. The van der Waals surface area contributed by atoms with Gasteiger partial charge >= 0.3 is 0 Å². The molecule has 0 aliphatic carbocycles. The summed E-state index contributed by atoms with van der Waals surface area (Å²) in [5.41, 5.74) is 0.957. The minimum Gasteiger partial charge on any atom is -0.492 e. The Kier molecular flexibility index (Phi) is 5.55. The molecule has 0 N–H and O–H groups in total. The summed E-state index contributed by atoms with van der Waals surface area (Å²) in [5.74, 6) is 0.875. The average molecular weight is 482 g/mol. The fourth-order valence-corrected chi connectivity index (χ4v) is 3.46. The molecule has 2 aromatic rings. The number of benzene rings is 1. The molecule has 19 heavy (non-hydrogen) atoms. The number of nitrogens with zero attached hydrogens (tertiary/aromatic N) is 4. The van der Waals surface area contributed by atoms with E-state index in [4.69, 9.17) is 4.74 Å². The molecule has 0 amide bonds. The fraction of sp³-hybridized carbons (Fsp3) is 0.250. The summed E-state index contributed by atoms with van der Waals surface area (Å²) >= 11 is 4.57. The van der Waals surface area contributed by atoms with E-state index in [2.05, 4.69) is 73.5 Å². The van der Waals surface area contributed by atoms with Gasteiger partial charge in [0.05, 0.1) is 16.4 Å². The van der Waals surface area contributed by atoms with Gasteiger partial charge in [-0.15, -0.1) is 10.2 Å². The number of hydrogen-bond acceptors (Lipinski definition) is 4. The SMILES string of the molecule is CCCOc1c(I)cc(I)cc1C=Nn1cnnc1. The molecule has 0 atom stereocenters. The molecule has 7 heteroatoms. The Bertz CT molecular complexity index is 569. The monoisotopic (exact) mass is 482 g/mol. The van der Waals surface area contributed by atoms with Gasteiger partial charge in [0.15, 0.2) is 0 Å². The van der Waals surface area contributed by atoms with E-state index in [0.29, 0.717) is 6.61 Å². The number of hydrogen-bond donors (Lipinski definition) is 0. The Balaban J connectivity index is 2.31. The molecular formula is C12H12I2N4O. The maximum Gasteiger partial charge on any atom is 0.141 e. The first-order valence-electron chi connectivity index (χ1n) is 5.71. The van der Waals surface area contributed by atoms with Gasteiger partial charge in [0.1, 0.15) is 18.4 Å². The van der Waals surface area contributed by atoms with E-state index < -0.39 is 0 Å². The minimum absolute atomic E-state index is 0.698. The molecule has 0 fully saturated rings. The summed E-state index contributed by atoms with van der Waals surface area (Å²) in [6, 6.07) is 4.13. The third kappa shape index (κ3) is 4.13. The largest absolute Gasteiger partial charge is 0.492 e. The zero-order chi connectivity index (χ0) is 13.7. The van der Waals surface area contributed by atoms with Crippen LogP contribution in [0.1, 0.15) is 18.9 Å². The van der Waals surface area contributed by atoms with Crippen LogP contribution in [0, 0.1) is 7.14 Å². The Hall–Kier alpha value is -0.710. The van der Waals surface area contributed by atoms with Crippen LogP contribution in [-0.2, 0) is 0 Å². The van der Waals surface area contributed by atoms with E-state index in [1.165, 1.54) is 0 Å². The van der Waals surface area contributed by atoms with E-state index in [0.717, 1.165) is 24.9 Å². The van der Waals surface area contributed by atoms with Crippen molar-refractivity contribution in [3.63, 3.8) is 0 Å². The summed E-state index contributed by atoms with van der Waals surface area (Å²) in [7, 11) is 0. The van der Waals surface area contributed by atoms with Crippen molar-refractivity contribution in [2.45, 2.75) is 13.3 Å². The van der Waals surface area contributed by atoms with Crippen molar-refractivity contribution in [1.29, 1.82) is 0 Å². The molecule has 0 aliphatic heterocycles. The lowest BCUT2D eigenvalue weighted by Crippen LogP contribution is -2.02. The summed E-state index contributed by atoms with van der Waals surface area (Å²) < 4.78 is 9.59. The Morgan fingerprint density at radius 3 is 2.74 bits per heavy atom. The quantitative estimate of drug-likeness (QED) is 0.487. The van der Waals surface area contributed by atoms with Crippen molar-refractivity contribution in [3.05, 3.63) is 37.5 Å². The normalized spacial score (nSPS) is 11.1. The summed E-state index contributed by atoms with van der Waals surface area (Å²) in [6.07, 6.45) is 5.83. The summed E-state index contributed by atoms with van der Waals surface area (Å²) in [6.45, 7) is 2.79. The van der Waals surface area contributed by atoms with Crippen molar-refractivity contribution in [2.75, 3.05) is 6.61 Å². The molecule has 0 saturated carbocycles. The topological polar surface area (TPSA) is 52.3 Å². The molecule has 0 radical (unpaired) electrons. The highest BCUT2D eigenvalue weighted by atomic mass is 127. The molecule has 100 valence electrons. The number of rotatable bonds is 5. The van der Waals surface area contributed by atoms with Crippen LogP contribution in [0.15, 0.2) is 29.9 Å². The van der Waals surface area contributed by atoms with Gasteiger partial charge in [-0.05, 0) is 63.7 Å². The van der Waals surface area contributed by atoms with Crippen LogP contribution in [0.3, 0.4) is 0 Å². The standard InChI is InChI=1S/C12H12I2N4O/c1-2-3-19-12-9(4-10(13)5-11(12)14)6-17-18-7-15-16-8-18/h4-8H,2-3H2,1H3. The van der Waals surface area contributed by atoms with Crippen LogP contribution in [0.4, 0.5) is 0 Å². The van der Waals surface area contributed by atoms with E-state index in [9.17, 15) is 0 Å². The van der Waals surface area contributed by atoms with Gasteiger partial charge in [0.25, 0.3) is 0 Å². The van der Waals surface area contributed by atoms with Gasteiger partial charge in [-0.2, -0.15) is 5.10 Å². The highest BCUT2D eigenvalue weighted by molar-refractivity contribution is 14.1. The predicted molar refractivity (Wildman–Crippen MR) is 90.7 cm³/mol. The van der Waals surface area contributed by atoms with Crippen LogP contribution >= 0.6 is 45.2 Å². The molecule has 1 aromatic carbocycles. The Morgan fingerprint density at radius 2 is 2.05 bits per heavy atom. The van der Waals surface area contributed by atoms with Crippen LogP contribution in [0.2, 0.25) is 0 Å². The lowest BCUT2D eigenvalue weighted by atomic mass is 10.2. The minimum atomic E-state index is 0.698. The highest BCUT2D eigenvalue weighted by Crippen LogP contribution is 2.27. The lowest BCUT2D eigenvalue weighted by molar-refractivity contribution is 0.315. The predicted octanol–water partition coefficient (Wildman–Crippen LogP) is 3.16. The van der Waals surface area contributed by atoms with Crippen LogP contribution in [-0.4, -0.2) is 27.7 Å². The third-order valence-electron chi connectivity index (χ3n) is 2.22. The molecule has 1 aromatic heterocycles. The van der Waals surface area contributed by atoms with Gasteiger partial charge in [0.2, 0.25) is 0 Å². The highest BCUT2D eigenvalue weighted by Gasteiger charge is 2.08. The molecule has 0 spiro atoms. The maximum absolute atomic E-state index is 5.80. The molecule has 0 unspecified atom stereocenters. The second-order valence-corrected chi connectivity index (χ2v) is 6.15. The number of ether oxygens (including phenoxy) is 1. The first-order chi connectivity index (χ1) is 9.20. The van der Waals surface area contributed by atoms with Crippen molar-refractivity contribution < 1.29 is 4.74 Å². The smallest absolute Gasteiger partial charge is 0.141 e. The van der Waals surface area contributed by atoms with Crippen LogP contribution < -0.4 is 4.74 Å². The summed E-state index contributed by atoms with van der Waals surface area (Å²) in [4.78, 5) is 0. The zero-order valence-corrected chi connectivity index (χ0v) is 14.6. The third-order valence-corrected chi connectivity index (χ3v) is 3.65. The molecule has 2 rings (SSSR count). The number of halogens is 2. The Morgan fingerprint density at radius 1 is 1.32 bits per heavy atom. The zero-order valence-electron chi connectivity index (χ0n) is 10.3. The van der Waals surface area contributed by atoms with Gasteiger partial charge < -0.3 is 4.74 Å². The van der Waals surface area contributed by atoms with Crippen LogP contribution in [0.25, 0.3) is 0 Å². The molecule has 0 aliphatic rings. The van der Waals surface area contributed by atoms with Gasteiger partial charge in [-0.1, -0.05) is 6.92 Å². The lowest BCUT2D eigenvalue weighted by Gasteiger charge is -2.11. The average Bonchev–Trinajstić information content (AvgIpc) is 2.88. The van der Waals surface area contributed by atoms with Gasteiger partial charge in [0, 0.05) is 9.13 Å².